The number of amides is 2. The summed E-state index contributed by atoms with van der Waals surface area (Å²) < 4.78 is 27.6. The molecule has 2 N–H and O–H groups in total. The number of urea groups is 1. The second-order valence-electron chi connectivity index (χ2n) is 6.56. The van der Waals surface area contributed by atoms with Gasteiger partial charge in [0.25, 0.3) is 0 Å². The van der Waals surface area contributed by atoms with Gasteiger partial charge in [-0.05, 0) is 43.7 Å². The molecule has 1 aromatic carbocycles. The number of carbonyl (C=O) groups is 1. The van der Waals surface area contributed by atoms with E-state index in [0.29, 0.717) is 11.4 Å². The standard InChI is InChI=1S/C17H26N2O4S/c1-13-6-8-14(9-7-13)18-17(20)19-15-4-3-5-16(12-15)23-10-11-24(2,21)22/h3-5,12-14H,6-11H2,1-2H3,(H2,18,19,20). The number of hydrogen-bond acceptors (Lipinski definition) is 4. The van der Waals surface area contributed by atoms with Crippen LogP contribution >= 0.6 is 0 Å². The number of rotatable bonds is 6. The van der Waals surface area contributed by atoms with Crippen LogP contribution in [0.15, 0.2) is 24.3 Å². The molecule has 1 saturated carbocycles. The van der Waals surface area contributed by atoms with E-state index in [1.165, 1.54) is 6.26 Å². The molecule has 0 aromatic heterocycles. The van der Waals surface area contributed by atoms with E-state index in [1.807, 2.05) is 0 Å². The minimum atomic E-state index is -3.05. The Kier molecular flexibility index (Phi) is 6.48. The zero-order chi connectivity index (χ0) is 17.6. The molecule has 6 nitrogen and oxygen atoms in total. The molecule has 0 radical (unpaired) electrons. The molecular formula is C17H26N2O4S. The van der Waals surface area contributed by atoms with Gasteiger partial charge in [-0.3, -0.25) is 0 Å². The number of benzene rings is 1. The summed E-state index contributed by atoms with van der Waals surface area (Å²) in [5.41, 5.74) is 0.619. The van der Waals surface area contributed by atoms with E-state index in [0.717, 1.165) is 31.6 Å². The van der Waals surface area contributed by atoms with Crippen LogP contribution in [-0.2, 0) is 9.84 Å². The maximum Gasteiger partial charge on any atom is 0.319 e. The summed E-state index contributed by atoms with van der Waals surface area (Å²) in [5, 5.41) is 5.80. The van der Waals surface area contributed by atoms with Gasteiger partial charge in [0.2, 0.25) is 0 Å². The first-order chi connectivity index (χ1) is 11.3. The molecule has 24 heavy (non-hydrogen) atoms. The Labute approximate surface area is 143 Å². The number of ether oxygens (including phenoxy) is 1. The number of nitrogens with one attached hydrogen (secondary N) is 2. The maximum atomic E-state index is 12.1. The fourth-order valence-corrected chi connectivity index (χ4v) is 3.12. The molecule has 0 bridgehead atoms. The summed E-state index contributed by atoms with van der Waals surface area (Å²) in [7, 11) is -3.05. The third kappa shape index (κ3) is 6.78. The van der Waals surface area contributed by atoms with E-state index in [-0.39, 0.29) is 24.4 Å². The minimum absolute atomic E-state index is 0.0365. The first-order valence-electron chi connectivity index (χ1n) is 8.30. The van der Waals surface area contributed by atoms with Gasteiger partial charge in [0.15, 0.2) is 9.84 Å². The van der Waals surface area contributed by atoms with Crippen molar-refractivity contribution >= 4 is 21.6 Å². The molecule has 1 aliphatic rings. The second kappa shape index (κ2) is 8.37. The first-order valence-corrected chi connectivity index (χ1v) is 10.4. The van der Waals surface area contributed by atoms with Crippen LogP contribution in [0.3, 0.4) is 0 Å². The van der Waals surface area contributed by atoms with Gasteiger partial charge in [0.05, 0.1) is 5.75 Å². The zero-order valence-electron chi connectivity index (χ0n) is 14.2. The summed E-state index contributed by atoms with van der Waals surface area (Å²) in [6, 6.07) is 6.96. The van der Waals surface area contributed by atoms with Crippen molar-refractivity contribution in [3.8, 4) is 5.75 Å². The Morgan fingerprint density at radius 1 is 1.25 bits per heavy atom. The van der Waals surface area contributed by atoms with Gasteiger partial charge in [0, 0.05) is 24.1 Å². The fraction of sp³-hybridized carbons (Fsp3) is 0.588. The lowest BCUT2D eigenvalue weighted by Gasteiger charge is -2.26. The van der Waals surface area contributed by atoms with Crippen molar-refractivity contribution in [2.75, 3.05) is 23.9 Å². The van der Waals surface area contributed by atoms with E-state index in [9.17, 15) is 13.2 Å². The normalized spacial score (nSPS) is 21.1. The third-order valence-corrected chi connectivity index (χ3v) is 5.07. The lowest BCUT2D eigenvalue weighted by molar-refractivity contribution is 0.239. The van der Waals surface area contributed by atoms with Crippen molar-refractivity contribution in [1.29, 1.82) is 0 Å². The van der Waals surface area contributed by atoms with Crippen LogP contribution < -0.4 is 15.4 Å². The van der Waals surface area contributed by atoms with Crippen molar-refractivity contribution < 1.29 is 17.9 Å². The van der Waals surface area contributed by atoms with Crippen LogP contribution in [0.25, 0.3) is 0 Å². The van der Waals surface area contributed by atoms with Crippen LogP contribution in [0.5, 0.6) is 5.75 Å². The molecule has 0 spiro atoms. The van der Waals surface area contributed by atoms with E-state index < -0.39 is 9.84 Å². The molecule has 0 unspecified atom stereocenters. The quantitative estimate of drug-likeness (QED) is 0.823. The molecule has 7 heteroatoms. The third-order valence-electron chi connectivity index (χ3n) is 4.17. The average Bonchev–Trinajstić information content (AvgIpc) is 2.49. The van der Waals surface area contributed by atoms with Crippen molar-refractivity contribution in [2.45, 2.75) is 38.6 Å². The Morgan fingerprint density at radius 2 is 1.96 bits per heavy atom. The van der Waals surface area contributed by atoms with E-state index in [1.54, 1.807) is 24.3 Å². The molecule has 134 valence electrons. The van der Waals surface area contributed by atoms with Crippen LogP contribution in [0.4, 0.5) is 10.5 Å². The lowest BCUT2D eigenvalue weighted by Crippen LogP contribution is -2.39. The Morgan fingerprint density at radius 3 is 2.62 bits per heavy atom. The molecule has 0 atom stereocenters. The highest BCUT2D eigenvalue weighted by atomic mass is 32.2. The van der Waals surface area contributed by atoms with Gasteiger partial charge < -0.3 is 15.4 Å². The van der Waals surface area contributed by atoms with Crippen molar-refractivity contribution in [1.82, 2.24) is 5.32 Å². The van der Waals surface area contributed by atoms with E-state index in [4.69, 9.17) is 4.74 Å². The lowest BCUT2D eigenvalue weighted by atomic mass is 9.87. The maximum absolute atomic E-state index is 12.1. The summed E-state index contributed by atoms with van der Waals surface area (Å²) in [4.78, 5) is 12.1. The van der Waals surface area contributed by atoms with Crippen molar-refractivity contribution in [2.24, 2.45) is 5.92 Å². The topological polar surface area (TPSA) is 84.5 Å². The van der Waals surface area contributed by atoms with Gasteiger partial charge in [0.1, 0.15) is 12.4 Å². The number of carbonyl (C=O) groups excluding carboxylic acids is 1. The molecule has 2 rings (SSSR count). The van der Waals surface area contributed by atoms with Crippen LogP contribution in [0.1, 0.15) is 32.6 Å². The molecule has 1 aliphatic carbocycles. The van der Waals surface area contributed by atoms with Crippen LogP contribution in [-0.4, -0.2) is 39.1 Å². The predicted octanol–water partition coefficient (Wildman–Crippen LogP) is 2.81. The molecule has 0 heterocycles. The highest BCUT2D eigenvalue weighted by molar-refractivity contribution is 7.90. The van der Waals surface area contributed by atoms with Gasteiger partial charge in [-0.1, -0.05) is 13.0 Å². The van der Waals surface area contributed by atoms with Crippen LogP contribution in [0, 0.1) is 5.92 Å². The van der Waals surface area contributed by atoms with Gasteiger partial charge in [-0.25, -0.2) is 13.2 Å². The minimum Gasteiger partial charge on any atom is -0.492 e. The molecule has 1 fully saturated rings. The van der Waals surface area contributed by atoms with Gasteiger partial charge in [-0.15, -0.1) is 0 Å². The summed E-state index contributed by atoms with van der Waals surface area (Å²) >= 11 is 0. The average molecular weight is 354 g/mol. The fourth-order valence-electron chi connectivity index (χ4n) is 2.73. The second-order valence-corrected chi connectivity index (χ2v) is 8.82. The van der Waals surface area contributed by atoms with E-state index in [2.05, 4.69) is 17.6 Å². The van der Waals surface area contributed by atoms with Crippen molar-refractivity contribution in [3.63, 3.8) is 0 Å². The zero-order valence-corrected chi connectivity index (χ0v) is 15.1. The van der Waals surface area contributed by atoms with Gasteiger partial charge >= 0.3 is 6.03 Å². The van der Waals surface area contributed by atoms with Gasteiger partial charge in [-0.2, -0.15) is 0 Å². The number of sulfone groups is 1. The summed E-state index contributed by atoms with van der Waals surface area (Å²) in [6.45, 7) is 2.33. The molecular weight excluding hydrogens is 328 g/mol. The SMILES string of the molecule is CC1CCC(NC(=O)Nc2cccc(OCCS(C)(=O)=O)c2)CC1. The monoisotopic (exact) mass is 354 g/mol. The molecule has 0 aliphatic heterocycles. The highest BCUT2D eigenvalue weighted by Crippen LogP contribution is 2.23. The predicted molar refractivity (Wildman–Crippen MR) is 95.2 cm³/mol. The number of hydrogen-bond donors (Lipinski definition) is 2. The van der Waals surface area contributed by atoms with E-state index >= 15 is 0 Å². The molecule has 2 amide bonds. The largest absolute Gasteiger partial charge is 0.492 e. The number of anilines is 1. The smallest absolute Gasteiger partial charge is 0.319 e. The Hall–Kier alpha value is -1.76. The molecule has 0 saturated heterocycles. The van der Waals surface area contributed by atoms with Crippen LogP contribution in [0.2, 0.25) is 0 Å². The van der Waals surface area contributed by atoms with Crippen molar-refractivity contribution in [3.05, 3.63) is 24.3 Å². The Balaban J connectivity index is 1.81. The summed E-state index contributed by atoms with van der Waals surface area (Å²) in [6.07, 6.45) is 5.50. The molecule has 1 aromatic rings. The highest BCUT2D eigenvalue weighted by Gasteiger charge is 2.19. The first kappa shape index (κ1) is 18.6. The Bertz CT molecular complexity index is 652. The summed E-state index contributed by atoms with van der Waals surface area (Å²) in [5.74, 6) is 1.24.